The van der Waals surface area contributed by atoms with E-state index in [-0.39, 0.29) is 24.3 Å². The number of carbonyl (C=O) groups excluding carboxylic acids is 1. The predicted octanol–water partition coefficient (Wildman–Crippen LogP) is 4.18. The van der Waals surface area contributed by atoms with Crippen molar-refractivity contribution in [3.8, 4) is 0 Å². The number of anilines is 1. The van der Waals surface area contributed by atoms with Gasteiger partial charge in [-0.1, -0.05) is 30.3 Å². The summed E-state index contributed by atoms with van der Waals surface area (Å²) in [7, 11) is 0. The van der Waals surface area contributed by atoms with Crippen LogP contribution in [-0.4, -0.2) is 30.1 Å². The van der Waals surface area contributed by atoms with Gasteiger partial charge in [0.2, 0.25) is 0 Å². The third-order valence-electron chi connectivity index (χ3n) is 4.20. The van der Waals surface area contributed by atoms with Gasteiger partial charge in [-0.15, -0.1) is 0 Å². The molecule has 6 heteroatoms. The zero-order chi connectivity index (χ0) is 17.6. The van der Waals surface area contributed by atoms with E-state index in [4.69, 9.17) is 4.74 Å². The maximum absolute atomic E-state index is 13.7. The Morgan fingerprint density at radius 3 is 2.76 bits per heavy atom. The summed E-state index contributed by atoms with van der Waals surface area (Å²) < 4.78 is 32.6. The van der Waals surface area contributed by atoms with Crippen LogP contribution in [0.5, 0.6) is 0 Å². The largest absolute Gasteiger partial charge is 0.372 e. The number of benzene rings is 2. The SMILES string of the molecule is O=C(Nc1ccccc1)N1CCC[C@H](OCc2cccc(F)c2F)C1. The Morgan fingerprint density at radius 2 is 1.96 bits per heavy atom. The molecular weight excluding hydrogens is 326 g/mol. The Labute approximate surface area is 145 Å². The zero-order valence-corrected chi connectivity index (χ0v) is 13.8. The van der Waals surface area contributed by atoms with Gasteiger partial charge in [0.25, 0.3) is 0 Å². The Hall–Kier alpha value is -2.47. The number of carbonyl (C=O) groups is 1. The van der Waals surface area contributed by atoms with E-state index >= 15 is 0 Å². The molecule has 2 amide bonds. The molecule has 0 bridgehead atoms. The molecule has 1 heterocycles. The molecule has 1 N–H and O–H groups in total. The molecule has 25 heavy (non-hydrogen) atoms. The molecule has 0 radical (unpaired) electrons. The van der Waals surface area contributed by atoms with Crippen molar-refractivity contribution in [1.29, 1.82) is 0 Å². The molecule has 0 unspecified atom stereocenters. The Morgan fingerprint density at radius 1 is 1.16 bits per heavy atom. The molecule has 4 nitrogen and oxygen atoms in total. The third kappa shape index (κ3) is 4.54. The van der Waals surface area contributed by atoms with Crippen LogP contribution < -0.4 is 5.32 Å². The monoisotopic (exact) mass is 346 g/mol. The van der Waals surface area contributed by atoms with Crippen molar-refractivity contribution in [3.63, 3.8) is 0 Å². The van der Waals surface area contributed by atoms with Gasteiger partial charge in [0.05, 0.1) is 12.7 Å². The number of hydrogen-bond acceptors (Lipinski definition) is 2. The summed E-state index contributed by atoms with van der Waals surface area (Å²) in [5.74, 6) is -1.76. The van der Waals surface area contributed by atoms with Crippen molar-refractivity contribution >= 4 is 11.7 Å². The van der Waals surface area contributed by atoms with Crippen molar-refractivity contribution in [2.45, 2.75) is 25.6 Å². The van der Waals surface area contributed by atoms with Gasteiger partial charge >= 0.3 is 6.03 Å². The molecule has 0 aliphatic carbocycles. The van der Waals surface area contributed by atoms with Crippen LogP contribution in [0.15, 0.2) is 48.5 Å². The summed E-state index contributed by atoms with van der Waals surface area (Å²) in [4.78, 5) is 14.0. The molecule has 0 spiro atoms. The fourth-order valence-corrected chi connectivity index (χ4v) is 2.85. The van der Waals surface area contributed by atoms with E-state index in [9.17, 15) is 13.6 Å². The Kier molecular flexibility index (Phi) is 5.60. The molecule has 2 aromatic carbocycles. The van der Waals surface area contributed by atoms with Gasteiger partial charge in [-0.25, -0.2) is 13.6 Å². The molecule has 1 aliphatic heterocycles. The van der Waals surface area contributed by atoms with Gasteiger partial charge in [0.1, 0.15) is 0 Å². The number of urea groups is 1. The highest BCUT2D eigenvalue weighted by Crippen LogP contribution is 2.18. The van der Waals surface area contributed by atoms with E-state index < -0.39 is 11.6 Å². The number of nitrogens with one attached hydrogen (secondary N) is 1. The second kappa shape index (κ2) is 8.07. The van der Waals surface area contributed by atoms with Gasteiger partial charge in [-0.2, -0.15) is 0 Å². The fourth-order valence-electron chi connectivity index (χ4n) is 2.85. The normalized spacial score (nSPS) is 17.4. The second-order valence-corrected chi connectivity index (χ2v) is 6.03. The molecule has 0 saturated carbocycles. The van der Waals surface area contributed by atoms with Crippen LogP contribution in [0.4, 0.5) is 19.3 Å². The Balaban J connectivity index is 1.54. The molecule has 1 aliphatic rings. The van der Waals surface area contributed by atoms with Crippen molar-refractivity contribution in [1.82, 2.24) is 4.90 Å². The van der Waals surface area contributed by atoms with Gasteiger partial charge in [0, 0.05) is 24.3 Å². The molecule has 0 aromatic heterocycles. The molecule has 132 valence electrons. The van der Waals surface area contributed by atoms with Crippen LogP contribution in [0.25, 0.3) is 0 Å². The van der Waals surface area contributed by atoms with Crippen molar-refractivity contribution in [2.24, 2.45) is 0 Å². The zero-order valence-electron chi connectivity index (χ0n) is 13.8. The van der Waals surface area contributed by atoms with E-state index in [0.717, 1.165) is 24.6 Å². The van der Waals surface area contributed by atoms with E-state index in [0.29, 0.717) is 13.1 Å². The summed E-state index contributed by atoms with van der Waals surface area (Å²) >= 11 is 0. The molecule has 1 saturated heterocycles. The van der Waals surface area contributed by atoms with Gasteiger partial charge < -0.3 is 15.0 Å². The van der Waals surface area contributed by atoms with Crippen molar-refractivity contribution in [2.75, 3.05) is 18.4 Å². The number of hydrogen-bond donors (Lipinski definition) is 1. The number of amides is 2. The second-order valence-electron chi connectivity index (χ2n) is 6.03. The minimum absolute atomic E-state index is 0.0115. The van der Waals surface area contributed by atoms with Crippen LogP contribution >= 0.6 is 0 Å². The molecule has 2 aromatic rings. The van der Waals surface area contributed by atoms with Crippen LogP contribution in [0.1, 0.15) is 18.4 Å². The topological polar surface area (TPSA) is 41.6 Å². The minimum Gasteiger partial charge on any atom is -0.372 e. The first kappa shape index (κ1) is 17.4. The average Bonchev–Trinajstić information content (AvgIpc) is 2.64. The van der Waals surface area contributed by atoms with Crippen molar-refractivity contribution in [3.05, 3.63) is 65.7 Å². The van der Waals surface area contributed by atoms with E-state index in [1.807, 2.05) is 30.3 Å². The lowest BCUT2D eigenvalue weighted by molar-refractivity contribution is -0.000229. The van der Waals surface area contributed by atoms with E-state index in [2.05, 4.69) is 5.32 Å². The third-order valence-corrected chi connectivity index (χ3v) is 4.20. The van der Waals surface area contributed by atoms with Gasteiger partial charge in [-0.05, 0) is 31.0 Å². The smallest absolute Gasteiger partial charge is 0.321 e. The number of halogens is 2. The summed E-state index contributed by atoms with van der Waals surface area (Å²) in [6.07, 6.45) is 1.39. The van der Waals surface area contributed by atoms with Crippen molar-refractivity contribution < 1.29 is 18.3 Å². The summed E-state index contributed by atoms with van der Waals surface area (Å²) in [6.45, 7) is 1.06. The number of nitrogens with zero attached hydrogens (tertiary/aromatic N) is 1. The molecule has 1 atom stereocenters. The highest BCUT2D eigenvalue weighted by atomic mass is 19.2. The van der Waals surface area contributed by atoms with E-state index in [1.54, 1.807) is 4.90 Å². The quantitative estimate of drug-likeness (QED) is 0.902. The lowest BCUT2D eigenvalue weighted by Crippen LogP contribution is -2.45. The fraction of sp³-hybridized carbons (Fsp3) is 0.316. The maximum Gasteiger partial charge on any atom is 0.321 e. The first-order valence-corrected chi connectivity index (χ1v) is 8.29. The average molecular weight is 346 g/mol. The van der Waals surface area contributed by atoms with Gasteiger partial charge in [0.15, 0.2) is 11.6 Å². The predicted molar refractivity (Wildman–Crippen MR) is 91.2 cm³/mol. The highest BCUT2D eigenvalue weighted by Gasteiger charge is 2.24. The lowest BCUT2D eigenvalue weighted by Gasteiger charge is -2.32. The number of para-hydroxylation sites is 1. The van der Waals surface area contributed by atoms with Crippen LogP contribution in [0.2, 0.25) is 0 Å². The van der Waals surface area contributed by atoms with Crippen LogP contribution in [0, 0.1) is 11.6 Å². The number of ether oxygens (including phenoxy) is 1. The number of rotatable bonds is 4. The molecular formula is C19H20F2N2O2. The number of likely N-dealkylation sites (tertiary alicyclic amines) is 1. The number of piperidine rings is 1. The van der Waals surface area contributed by atoms with Crippen LogP contribution in [-0.2, 0) is 11.3 Å². The van der Waals surface area contributed by atoms with Crippen LogP contribution in [0.3, 0.4) is 0 Å². The lowest BCUT2D eigenvalue weighted by atomic mass is 10.1. The highest BCUT2D eigenvalue weighted by molar-refractivity contribution is 5.89. The summed E-state index contributed by atoms with van der Waals surface area (Å²) in [6, 6.07) is 13.1. The summed E-state index contributed by atoms with van der Waals surface area (Å²) in [5.41, 5.74) is 0.920. The van der Waals surface area contributed by atoms with Gasteiger partial charge in [-0.3, -0.25) is 0 Å². The molecule has 1 fully saturated rings. The first-order valence-electron chi connectivity index (χ1n) is 8.29. The Bertz CT molecular complexity index is 725. The summed E-state index contributed by atoms with van der Waals surface area (Å²) in [5, 5.41) is 2.84. The molecule has 3 rings (SSSR count). The first-order chi connectivity index (χ1) is 12.1. The minimum atomic E-state index is -0.881. The van der Waals surface area contributed by atoms with E-state index in [1.165, 1.54) is 12.1 Å². The maximum atomic E-state index is 13.7. The standard InChI is InChI=1S/C19H20F2N2O2/c20-17-10-4-6-14(18(17)21)13-25-16-9-5-11-23(12-16)19(24)22-15-7-2-1-3-8-15/h1-4,6-8,10,16H,5,9,11-13H2,(H,22,24)/t16-/m0/s1.